The predicted octanol–water partition coefficient (Wildman–Crippen LogP) is 5.62. The van der Waals surface area contributed by atoms with Crippen molar-refractivity contribution in [2.45, 2.75) is 20.8 Å². The van der Waals surface area contributed by atoms with Crippen molar-refractivity contribution in [1.29, 1.82) is 0 Å². The van der Waals surface area contributed by atoms with Crippen molar-refractivity contribution >= 4 is 10.9 Å². The fourth-order valence-electron chi connectivity index (χ4n) is 3.13. The smallest absolute Gasteiger partial charge is 0.101 e. The van der Waals surface area contributed by atoms with E-state index < -0.39 is 0 Å². The molecule has 0 saturated carbocycles. The van der Waals surface area contributed by atoms with Crippen LogP contribution < -0.4 is 0 Å². The lowest BCUT2D eigenvalue weighted by Gasteiger charge is -2.05. The fourth-order valence-corrected chi connectivity index (χ4v) is 3.13. The standard InChI is InChI=1S/C22H20N2/c1-15-7-11-18(12-8-15)21-20-6-4-5-17(3)22(20)24(23-21)19-13-9-16(2)10-14-19/h4-14H,1-3H3. The van der Waals surface area contributed by atoms with Crippen LogP contribution >= 0.6 is 0 Å². The van der Waals surface area contributed by atoms with Crippen molar-refractivity contribution in [3.63, 3.8) is 0 Å². The van der Waals surface area contributed by atoms with Gasteiger partial charge in [0.15, 0.2) is 0 Å². The molecule has 0 radical (unpaired) electrons. The van der Waals surface area contributed by atoms with E-state index in [9.17, 15) is 0 Å². The number of rotatable bonds is 2. The van der Waals surface area contributed by atoms with Gasteiger partial charge >= 0.3 is 0 Å². The Labute approximate surface area is 142 Å². The van der Waals surface area contributed by atoms with Crippen LogP contribution in [0.1, 0.15) is 16.7 Å². The highest BCUT2D eigenvalue weighted by Crippen LogP contribution is 2.31. The summed E-state index contributed by atoms with van der Waals surface area (Å²) in [5.74, 6) is 0. The molecule has 118 valence electrons. The minimum Gasteiger partial charge on any atom is -0.232 e. The SMILES string of the molecule is Cc1ccc(-c2nn(-c3ccc(C)cc3)c3c(C)cccc23)cc1. The van der Waals surface area contributed by atoms with Crippen molar-refractivity contribution in [3.05, 3.63) is 83.4 Å². The molecule has 0 unspecified atom stereocenters. The van der Waals surface area contributed by atoms with Crippen LogP contribution in [0.5, 0.6) is 0 Å². The molecule has 0 aliphatic heterocycles. The fraction of sp³-hybridized carbons (Fsp3) is 0.136. The van der Waals surface area contributed by atoms with Gasteiger partial charge in [-0.1, -0.05) is 65.7 Å². The van der Waals surface area contributed by atoms with E-state index in [2.05, 4.69) is 92.2 Å². The second-order valence-electron chi connectivity index (χ2n) is 6.43. The van der Waals surface area contributed by atoms with Gasteiger partial charge in [-0.3, -0.25) is 0 Å². The van der Waals surface area contributed by atoms with Gasteiger partial charge < -0.3 is 0 Å². The highest BCUT2D eigenvalue weighted by molar-refractivity contribution is 5.96. The number of hydrogen-bond donors (Lipinski definition) is 0. The maximum atomic E-state index is 4.97. The number of fused-ring (bicyclic) bond motifs is 1. The monoisotopic (exact) mass is 312 g/mol. The quantitative estimate of drug-likeness (QED) is 0.470. The first kappa shape index (κ1) is 14.7. The molecule has 0 fully saturated rings. The Hall–Kier alpha value is -2.87. The average molecular weight is 312 g/mol. The maximum Gasteiger partial charge on any atom is 0.101 e. The van der Waals surface area contributed by atoms with Crippen LogP contribution in [0.4, 0.5) is 0 Å². The summed E-state index contributed by atoms with van der Waals surface area (Å²) in [6.07, 6.45) is 0. The first-order valence-corrected chi connectivity index (χ1v) is 8.26. The third-order valence-electron chi connectivity index (χ3n) is 4.51. The summed E-state index contributed by atoms with van der Waals surface area (Å²) in [5, 5.41) is 6.16. The summed E-state index contributed by atoms with van der Waals surface area (Å²) in [4.78, 5) is 0. The third kappa shape index (κ3) is 2.41. The second kappa shape index (κ2) is 5.64. The highest BCUT2D eigenvalue weighted by atomic mass is 15.3. The summed E-state index contributed by atoms with van der Waals surface area (Å²) < 4.78 is 2.07. The minimum absolute atomic E-state index is 1.04. The van der Waals surface area contributed by atoms with Gasteiger partial charge in [0.1, 0.15) is 5.69 Å². The van der Waals surface area contributed by atoms with Crippen molar-refractivity contribution < 1.29 is 0 Å². The maximum absolute atomic E-state index is 4.97. The van der Waals surface area contributed by atoms with Gasteiger partial charge in [-0.2, -0.15) is 5.10 Å². The van der Waals surface area contributed by atoms with E-state index in [1.165, 1.54) is 27.6 Å². The largest absolute Gasteiger partial charge is 0.232 e. The van der Waals surface area contributed by atoms with Crippen LogP contribution in [0.2, 0.25) is 0 Å². The molecular weight excluding hydrogens is 292 g/mol. The van der Waals surface area contributed by atoms with Gasteiger partial charge in [0.05, 0.1) is 11.2 Å². The van der Waals surface area contributed by atoms with Crippen LogP contribution in [0.15, 0.2) is 66.7 Å². The summed E-state index contributed by atoms with van der Waals surface area (Å²) in [6.45, 7) is 6.36. The third-order valence-corrected chi connectivity index (χ3v) is 4.51. The number of benzene rings is 3. The summed E-state index contributed by atoms with van der Waals surface area (Å²) in [5.41, 5.74) is 8.22. The van der Waals surface area contributed by atoms with Crippen LogP contribution in [-0.4, -0.2) is 9.78 Å². The molecule has 0 N–H and O–H groups in total. The van der Waals surface area contributed by atoms with Gasteiger partial charge in [0.25, 0.3) is 0 Å². The van der Waals surface area contributed by atoms with Crippen LogP contribution in [0.3, 0.4) is 0 Å². The zero-order valence-corrected chi connectivity index (χ0v) is 14.2. The molecule has 0 spiro atoms. The molecular formula is C22H20N2. The lowest BCUT2D eigenvalue weighted by atomic mass is 10.0. The van der Waals surface area contributed by atoms with Gasteiger partial charge in [0.2, 0.25) is 0 Å². The molecule has 0 atom stereocenters. The first-order valence-electron chi connectivity index (χ1n) is 8.26. The molecule has 0 bridgehead atoms. The van der Waals surface area contributed by atoms with E-state index in [-0.39, 0.29) is 0 Å². The molecule has 4 rings (SSSR count). The Kier molecular flexibility index (Phi) is 3.46. The lowest BCUT2D eigenvalue weighted by molar-refractivity contribution is 0.911. The Bertz CT molecular complexity index is 1010. The first-order chi connectivity index (χ1) is 11.6. The zero-order valence-electron chi connectivity index (χ0n) is 14.2. The molecule has 0 saturated heterocycles. The van der Waals surface area contributed by atoms with Crippen LogP contribution in [0.25, 0.3) is 27.8 Å². The van der Waals surface area contributed by atoms with Crippen molar-refractivity contribution in [2.24, 2.45) is 0 Å². The molecule has 4 aromatic rings. The van der Waals surface area contributed by atoms with Crippen LogP contribution in [-0.2, 0) is 0 Å². The minimum atomic E-state index is 1.04. The van der Waals surface area contributed by atoms with E-state index in [4.69, 9.17) is 5.10 Å². The molecule has 24 heavy (non-hydrogen) atoms. The van der Waals surface area contributed by atoms with Crippen molar-refractivity contribution in [2.75, 3.05) is 0 Å². The second-order valence-corrected chi connectivity index (χ2v) is 6.43. The topological polar surface area (TPSA) is 17.8 Å². The van der Waals surface area contributed by atoms with E-state index in [0.29, 0.717) is 0 Å². The normalized spacial score (nSPS) is 11.1. The van der Waals surface area contributed by atoms with Crippen molar-refractivity contribution in [1.82, 2.24) is 9.78 Å². The molecule has 1 heterocycles. The van der Waals surface area contributed by atoms with Gasteiger partial charge in [-0.15, -0.1) is 0 Å². The van der Waals surface area contributed by atoms with Gasteiger partial charge in [0, 0.05) is 10.9 Å². The molecule has 0 aliphatic carbocycles. The molecule has 1 aromatic heterocycles. The summed E-state index contributed by atoms with van der Waals surface area (Å²) in [6, 6.07) is 23.5. The number of para-hydroxylation sites is 1. The number of aryl methyl sites for hydroxylation is 3. The summed E-state index contributed by atoms with van der Waals surface area (Å²) >= 11 is 0. The molecule has 2 heteroatoms. The Morgan fingerprint density at radius 3 is 2.00 bits per heavy atom. The van der Waals surface area contributed by atoms with Crippen LogP contribution in [0, 0.1) is 20.8 Å². The number of nitrogens with zero attached hydrogens (tertiary/aromatic N) is 2. The number of hydrogen-bond acceptors (Lipinski definition) is 1. The Morgan fingerprint density at radius 2 is 1.33 bits per heavy atom. The average Bonchev–Trinajstić information content (AvgIpc) is 2.97. The van der Waals surface area contributed by atoms with Gasteiger partial charge in [-0.25, -0.2) is 4.68 Å². The van der Waals surface area contributed by atoms with E-state index in [0.717, 1.165) is 16.9 Å². The predicted molar refractivity (Wildman–Crippen MR) is 101 cm³/mol. The molecule has 3 aromatic carbocycles. The summed E-state index contributed by atoms with van der Waals surface area (Å²) in [7, 11) is 0. The zero-order chi connectivity index (χ0) is 16.7. The lowest BCUT2D eigenvalue weighted by Crippen LogP contribution is -1.97. The Balaban J connectivity index is 2.01. The van der Waals surface area contributed by atoms with E-state index in [1.54, 1.807) is 0 Å². The molecule has 2 nitrogen and oxygen atoms in total. The molecule has 0 amide bonds. The van der Waals surface area contributed by atoms with E-state index in [1.807, 2.05) is 0 Å². The number of aromatic nitrogens is 2. The highest BCUT2D eigenvalue weighted by Gasteiger charge is 2.15. The molecule has 0 aliphatic rings. The van der Waals surface area contributed by atoms with Crippen molar-refractivity contribution in [3.8, 4) is 16.9 Å². The Morgan fingerprint density at radius 1 is 0.708 bits per heavy atom. The van der Waals surface area contributed by atoms with Gasteiger partial charge in [-0.05, 0) is 38.5 Å². The van der Waals surface area contributed by atoms with E-state index >= 15 is 0 Å².